The highest BCUT2D eigenvalue weighted by Gasteiger charge is 2.33. The van der Waals surface area contributed by atoms with Crippen LogP contribution in [0.4, 0.5) is 11.5 Å². The summed E-state index contributed by atoms with van der Waals surface area (Å²) in [6.45, 7) is 9.68. The molecule has 0 atom stereocenters. The molecule has 1 aromatic carbocycles. The summed E-state index contributed by atoms with van der Waals surface area (Å²) in [7, 11) is 0. The lowest BCUT2D eigenvalue weighted by Gasteiger charge is -2.37. The highest BCUT2D eigenvalue weighted by atomic mass is 32.2. The van der Waals surface area contributed by atoms with Crippen molar-refractivity contribution < 1.29 is 4.79 Å². The molecule has 5 rings (SSSR count). The smallest absolute Gasteiger partial charge is 0.267 e. The Labute approximate surface area is 220 Å². The van der Waals surface area contributed by atoms with E-state index in [2.05, 4.69) is 35.8 Å². The van der Waals surface area contributed by atoms with Crippen LogP contribution in [-0.4, -0.2) is 57.2 Å². The zero-order valence-electron chi connectivity index (χ0n) is 20.7. The van der Waals surface area contributed by atoms with Crippen molar-refractivity contribution in [1.82, 2.24) is 14.3 Å². The zero-order valence-corrected chi connectivity index (χ0v) is 22.3. The molecule has 186 valence electrons. The fraction of sp³-hybridized carbons (Fsp3) is 0.333. The van der Waals surface area contributed by atoms with Crippen LogP contribution in [0.25, 0.3) is 11.7 Å². The maximum Gasteiger partial charge on any atom is 0.267 e. The highest BCUT2D eigenvalue weighted by molar-refractivity contribution is 8.26. The Morgan fingerprint density at radius 1 is 1.03 bits per heavy atom. The standard InChI is InChI=1S/C27H29N5O2S2/c1-18(2)16-32-26(34)22(36-27(32)35)15-21-24(28-23-10-9-19(3)17-31(23)25(21)33)30-13-11-29(12-14-30)20-7-5-4-6-8-20/h4-10,15,17-18H,11-14,16H2,1-3H3/b22-15-. The number of carbonyl (C=O) groups excluding carboxylic acids is 1. The molecule has 2 fully saturated rings. The van der Waals surface area contributed by atoms with Crippen molar-refractivity contribution >= 4 is 57.4 Å². The number of pyridine rings is 1. The summed E-state index contributed by atoms with van der Waals surface area (Å²) in [6.07, 6.45) is 3.49. The predicted molar refractivity (Wildman–Crippen MR) is 152 cm³/mol. The Bertz CT molecular complexity index is 1410. The first-order valence-corrected chi connectivity index (χ1v) is 13.4. The van der Waals surface area contributed by atoms with Gasteiger partial charge in [-0.25, -0.2) is 4.98 Å². The van der Waals surface area contributed by atoms with Gasteiger partial charge in [0.1, 0.15) is 15.8 Å². The molecule has 0 aliphatic carbocycles. The van der Waals surface area contributed by atoms with Gasteiger partial charge in [0.25, 0.3) is 11.5 Å². The number of thioether (sulfide) groups is 1. The quantitative estimate of drug-likeness (QED) is 0.370. The number of anilines is 2. The lowest BCUT2D eigenvalue weighted by molar-refractivity contribution is -0.122. The Kier molecular flexibility index (Phi) is 6.85. The van der Waals surface area contributed by atoms with Gasteiger partial charge in [0.2, 0.25) is 0 Å². The van der Waals surface area contributed by atoms with Crippen LogP contribution in [-0.2, 0) is 4.79 Å². The van der Waals surface area contributed by atoms with Crippen LogP contribution in [0.3, 0.4) is 0 Å². The SMILES string of the molecule is Cc1ccc2nc(N3CCN(c4ccccc4)CC3)c(/C=C3\SC(=S)N(CC(C)C)C3=O)c(=O)n2c1. The Hall–Kier alpha value is -3.17. The molecule has 9 heteroatoms. The first kappa shape index (κ1) is 24.5. The number of aromatic nitrogens is 2. The number of piperazine rings is 1. The van der Waals surface area contributed by atoms with Crippen LogP contribution in [0.15, 0.2) is 58.4 Å². The molecule has 2 aliphatic rings. The van der Waals surface area contributed by atoms with E-state index in [-0.39, 0.29) is 11.5 Å². The van der Waals surface area contributed by atoms with E-state index in [1.54, 1.807) is 21.6 Å². The van der Waals surface area contributed by atoms with Gasteiger partial charge in [0.15, 0.2) is 0 Å². The van der Waals surface area contributed by atoms with E-state index in [0.29, 0.717) is 38.7 Å². The lowest BCUT2D eigenvalue weighted by atomic mass is 10.2. The number of rotatable bonds is 5. The normalized spacial score (nSPS) is 17.8. The average Bonchev–Trinajstić information content (AvgIpc) is 3.13. The maximum absolute atomic E-state index is 13.7. The molecule has 0 unspecified atom stereocenters. The van der Waals surface area contributed by atoms with Gasteiger partial charge in [-0.1, -0.05) is 62.1 Å². The number of hydrogen-bond donors (Lipinski definition) is 0. The molecule has 4 heterocycles. The summed E-state index contributed by atoms with van der Waals surface area (Å²) in [5.74, 6) is 0.761. The first-order valence-electron chi connectivity index (χ1n) is 12.1. The van der Waals surface area contributed by atoms with E-state index in [1.807, 2.05) is 37.3 Å². The monoisotopic (exact) mass is 519 g/mol. The van der Waals surface area contributed by atoms with E-state index < -0.39 is 0 Å². The maximum atomic E-state index is 13.7. The van der Waals surface area contributed by atoms with Crippen molar-refractivity contribution in [3.05, 3.63) is 75.0 Å². The molecule has 2 aliphatic heterocycles. The van der Waals surface area contributed by atoms with Crippen LogP contribution in [0.2, 0.25) is 0 Å². The van der Waals surface area contributed by atoms with Crippen LogP contribution < -0.4 is 15.4 Å². The highest BCUT2D eigenvalue weighted by Crippen LogP contribution is 2.34. The van der Waals surface area contributed by atoms with Crippen LogP contribution >= 0.6 is 24.0 Å². The average molecular weight is 520 g/mol. The molecule has 36 heavy (non-hydrogen) atoms. The van der Waals surface area contributed by atoms with Gasteiger partial charge in [-0.2, -0.15) is 0 Å². The molecule has 2 saturated heterocycles. The number of carbonyl (C=O) groups is 1. The number of aryl methyl sites for hydroxylation is 1. The van der Waals surface area contributed by atoms with Gasteiger partial charge >= 0.3 is 0 Å². The zero-order chi connectivity index (χ0) is 25.4. The van der Waals surface area contributed by atoms with Crippen LogP contribution in [0, 0.1) is 12.8 Å². The van der Waals surface area contributed by atoms with Crippen molar-refractivity contribution in [2.24, 2.45) is 5.92 Å². The minimum atomic E-state index is -0.182. The number of para-hydroxylation sites is 1. The summed E-state index contributed by atoms with van der Waals surface area (Å²) >= 11 is 6.74. The second-order valence-corrected chi connectivity index (χ2v) is 11.3. The summed E-state index contributed by atoms with van der Waals surface area (Å²) in [6, 6.07) is 14.2. The van der Waals surface area contributed by atoms with Crippen molar-refractivity contribution in [3.63, 3.8) is 0 Å². The largest absolute Gasteiger partial charge is 0.368 e. The molecule has 0 bridgehead atoms. The lowest BCUT2D eigenvalue weighted by Crippen LogP contribution is -2.47. The molecular weight excluding hydrogens is 490 g/mol. The Morgan fingerprint density at radius 2 is 1.72 bits per heavy atom. The number of thiocarbonyl (C=S) groups is 1. The Balaban J connectivity index is 1.54. The minimum Gasteiger partial charge on any atom is -0.368 e. The van der Waals surface area contributed by atoms with E-state index in [9.17, 15) is 9.59 Å². The third kappa shape index (κ3) is 4.77. The molecule has 0 N–H and O–H groups in total. The summed E-state index contributed by atoms with van der Waals surface area (Å²) in [5.41, 5.74) is 2.99. The second kappa shape index (κ2) is 10.1. The fourth-order valence-electron chi connectivity index (χ4n) is 4.58. The predicted octanol–water partition coefficient (Wildman–Crippen LogP) is 4.19. The van der Waals surface area contributed by atoms with Gasteiger partial charge in [-0.05, 0) is 42.7 Å². The van der Waals surface area contributed by atoms with Gasteiger partial charge in [-0.15, -0.1) is 0 Å². The Morgan fingerprint density at radius 3 is 2.42 bits per heavy atom. The second-order valence-electron chi connectivity index (χ2n) is 9.58. The minimum absolute atomic E-state index is 0.146. The number of fused-ring (bicyclic) bond motifs is 1. The number of hydrogen-bond acceptors (Lipinski definition) is 7. The third-order valence-electron chi connectivity index (χ3n) is 6.38. The summed E-state index contributed by atoms with van der Waals surface area (Å²) < 4.78 is 2.10. The van der Waals surface area contributed by atoms with Crippen molar-refractivity contribution in [2.75, 3.05) is 42.5 Å². The van der Waals surface area contributed by atoms with E-state index in [0.717, 1.165) is 31.7 Å². The number of amides is 1. The van der Waals surface area contributed by atoms with Gasteiger partial charge in [0.05, 0.1) is 10.5 Å². The van der Waals surface area contributed by atoms with Crippen LogP contribution in [0.5, 0.6) is 0 Å². The molecule has 1 amide bonds. The molecule has 0 spiro atoms. The van der Waals surface area contributed by atoms with Crippen molar-refractivity contribution in [2.45, 2.75) is 20.8 Å². The fourth-order valence-corrected chi connectivity index (χ4v) is 5.84. The van der Waals surface area contributed by atoms with Crippen LogP contribution in [0.1, 0.15) is 25.0 Å². The molecule has 2 aromatic heterocycles. The van der Waals surface area contributed by atoms with E-state index >= 15 is 0 Å². The van der Waals surface area contributed by atoms with Gasteiger partial charge < -0.3 is 9.80 Å². The number of nitrogens with zero attached hydrogens (tertiary/aromatic N) is 5. The molecule has 0 radical (unpaired) electrons. The van der Waals surface area contributed by atoms with E-state index in [1.165, 1.54) is 17.4 Å². The van der Waals surface area contributed by atoms with Crippen molar-refractivity contribution in [1.29, 1.82) is 0 Å². The molecule has 7 nitrogen and oxygen atoms in total. The molecule has 3 aromatic rings. The summed E-state index contributed by atoms with van der Waals surface area (Å²) in [5, 5.41) is 0. The summed E-state index contributed by atoms with van der Waals surface area (Å²) in [4.78, 5) is 38.4. The third-order valence-corrected chi connectivity index (χ3v) is 7.76. The van der Waals surface area contributed by atoms with Crippen molar-refractivity contribution in [3.8, 4) is 0 Å². The first-order chi connectivity index (χ1) is 17.3. The van der Waals surface area contributed by atoms with Gasteiger partial charge in [-0.3, -0.25) is 18.9 Å². The van der Waals surface area contributed by atoms with E-state index in [4.69, 9.17) is 17.2 Å². The topological polar surface area (TPSA) is 61.2 Å². The molecule has 0 saturated carbocycles. The molecular formula is C27H29N5O2S2. The number of benzene rings is 1. The van der Waals surface area contributed by atoms with Gasteiger partial charge in [0, 0.05) is 44.6 Å².